The number of amides is 1. The smallest absolute Gasteiger partial charge is 0.387 e. The van der Waals surface area contributed by atoms with Crippen LogP contribution in [0.2, 0.25) is 0 Å². The fourth-order valence-electron chi connectivity index (χ4n) is 5.20. The van der Waals surface area contributed by atoms with Crippen molar-refractivity contribution < 1.29 is 28.4 Å². The average molecular weight is 659 g/mol. The molecule has 266 valence electrons. The Labute approximate surface area is 277 Å². The predicted octanol–water partition coefficient (Wildman–Crippen LogP) is 9.44. The number of allylic oxidation sites excluding steroid dienone is 3. The van der Waals surface area contributed by atoms with Crippen LogP contribution in [-0.2, 0) is 18.4 Å². The van der Waals surface area contributed by atoms with Crippen LogP contribution in [0.5, 0.6) is 0 Å². The molecule has 45 heavy (non-hydrogen) atoms. The summed E-state index contributed by atoms with van der Waals surface area (Å²) in [5, 5.41) is 13.5. The molecule has 5 N–H and O–H groups in total. The summed E-state index contributed by atoms with van der Waals surface area (Å²) < 4.78 is 22.0. The van der Waals surface area contributed by atoms with E-state index in [1.165, 1.54) is 109 Å². The van der Waals surface area contributed by atoms with Gasteiger partial charge in [-0.15, -0.1) is 0 Å². The molecule has 0 aliphatic carbocycles. The zero-order chi connectivity index (χ0) is 33.3. The standard InChI is InChI=1S/C36H71N2O6P/c1-3-5-7-9-11-13-15-17-18-20-22-24-26-28-30-36(40)38-34(33-44-45(41,42)43-32-31-37)35(39)29-27-25-23-21-19-16-14-12-10-8-6-4-2/h19,21,27,29,34-35,39H,3-18,20,22-26,28,30-33,37H2,1-2H3,(H,38,40)(H,41,42)/b21-19+,29-27+. The molecule has 0 radical (unpaired) electrons. The van der Waals surface area contributed by atoms with E-state index < -0.39 is 20.0 Å². The third kappa shape index (κ3) is 31.4. The molecule has 0 heterocycles. The van der Waals surface area contributed by atoms with E-state index >= 15 is 0 Å². The van der Waals surface area contributed by atoms with E-state index in [4.69, 9.17) is 14.8 Å². The number of hydrogen-bond acceptors (Lipinski definition) is 6. The molecule has 0 saturated carbocycles. The number of rotatable bonds is 34. The molecule has 9 heteroatoms. The van der Waals surface area contributed by atoms with E-state index in [2.05, 4.69) is 31.3 Å². The maximum Gasteiger partial charge on any atom is 0.472 e. The summed E-state index contributed by atoms with van der Waals surface area (Å²) in [7, 11) is -4.33. The second-order valence-electron chi connectivity index (χ2n) is 12.4. The van der Waals surface area contributed by atoms with Crippen molar-refractivity contribution in [2.45, 2.75) is 180 Å². The molecule has 0 spiro atoms. The summed E-state index contributed by atoms with van der Waals surface area (Å²) in [6.45, 7) is 4.08. The predicted molar refractivity (Wildman–Crippen MR) is 189 cm³/mol. The monoisotopic (exact) mass is 659 g/mol. The van der Waals surface area contributed by atoms with Crippen LogP contribution in [0.25, 0.3) is 0 Å². The van der Waals surface area contributed by atoms with Crippen LogP contribution >= 0.6 is 7.82 Å². The van der Waals surface area contributed by atoms with Crippen molar-refractivity contribution in [1.82, 2.24) is 5.32 Å². The minimum Gasteiger partial charge on any atom is -0.387 e. The maximum atomic E-state index is 12.7. The molecule has 3 atom stereocenters. The van der Waals surface area contributed by atoms with Gasteiger partial charge in [-0.25, -0.2) is 4.57 Å². The number of aliphatic hydroxyl groups is 1. The first-order valence-electron chi connectivity index (χ1n) is 18.5. The summed E-state index contributed by atoms with van der Waals surface area (Å²) in [5.41, 5.74) is 5.34. The summed E-state index contributed by atoms with van der Waals surface area (Å²) in [6, 6.07) is -0.870. The van der Waals surface area contributed by atoms with E-state index in [1.807, 2.05) is 6.08 Å². The molecule has 1 amide bonds. The number of aliphatic hydroxyl groups excluding tert-OH is 1. The lowest BCUT2D eigenvalue weighted by atomic mass is 10.0. The zero-order valence-corrected chi connectivity index (χ0v) is 30.0. The Morgan fingerprint density at radius 2 is 1.18 bits per heavy atom. The Kier molecular flexibility index (Phi) is 32.2. The van der Waals surface area contributed by atoms with Crippen molar-refractivity contribution in [3.05, 3.63) is 24.3 Å². The van der Waals surface area contributed by atoms with Crippen LogP contribution in [0.4, 0.5) is 0 Å². The third-order valence-electron chi connectivity index (χ3n) is 8.03. The largest absolute Gasteiger partial charge is 0.472 e. The Morgan fingerprint density at radius 1 is 0.711 bits per heavy atom. The van der Waals surface area contributed by atoms with Crippen LogP contribution < -0.4 is 11.1 Å². The maximum absolute atomic E-state index is 12.7. The third-order valence-corrected chi connectivity index (χ3v) is 9.01. The van der Waals surface area contributed by atoms with Crippen molar-refractivity contribution in [1.29, 1.82) is 0 Å². The van der Waals surface area contributed by atoms with Gasteiger partial charge in [0, 0.05) is 13.0 Å². The second-order valence-corrected chi connectivity index (χ2v) is 13.9. The highest BCUT2D eigenvalue weighted by atomic mass is 31.2. The van der Waals surface area contributed by atoms with Gasteiger partial charge in [0.25, 0.3) is 0 Å². The van der Waals surface area contributed by atoms with Crippen LogP contribution in [0.15, 0.2) is 24.3 Å². The Balaban J connectivity index is 4.36. The highest BCUT2D eigenvalue weighted by molar-refractivity contribution is 7.47. The van der Waals surface area contributed by atoms with Crippen LogP contribution in [0.1, 0.15) is 168 Å². The van der Waals surface area contributed by atoms with Gasteiger partial charge in [0.05, 0.1) is 25.4 Å². The van der Waals surface area contributed by atoms with Gasteiger partial charge in [-0.05, 0) is 32.1 Å². The van der Waals surface area contributed by atoms with Crippen molar-refractivity contribution in [3.63, 3.8) is 0 Å². The minimum absolute atomic E-state index is 0.0754. The highest BCUT2D eigenvalue weighted by Gasteiger charge is 2.26. The molecular formula is C36H71N2O6P. The topological polar surface area (TPSA) is 131 Å². The van der Waals surface area contributed by atoms with Gasteiger partial charge in [0.1, 0.15) is 0 Å². The first kappa shape index (κ1) is 44.0. The van der Waals surface area contributed by atoms with Crippen molar-refractivity contribution >= 4 is 13.7 Å². The van der Waals surface area contributed by atoms with E-state index in [0.717, 1.165) is 38.5 Å². The molecule has 0 saturated heterocycles. The Hall–Kier alpha value is -1.02. The average Bonchev–Trinajstić information content (AvgIpc) is 3.02. The lowest BCUT2D eigenvalue weighted by molar-refractivity contribution is -0.123. The Bertz CT molecular complexity index is 764. The molecule has 0 aromatic heterocycles. The van der Waals surface area contributed by atoms with Gasteiger partial charge in [0.15, 0.2) is 0 Å². The van der Waals surface area contributed by atoms with Crippen molar-refractivity contribution in [2.75, 3.05) is 19.8 Å². The SMILES string of the molecule is CCCCCCCC/C=C/CC/C=C/C(O)C(COP(=O)(O)OCCN)NC(=O)CCCCCCCCCCCCCCCC. The van der Waals surface area contributed by atoms with E-state index in [9.17, 15) is 19.4 Å². The molecule has 8 nitrogen and oxygen atoms in total. The fraction of sp³-hybridized carbons (Fsp3) is 0.861. The minimum atomic E-state index is -4.33. The molecule has 0 aromatic carbocycles. The molecule has 0 aliphatic rings. The van der Waals surface area contributed by atoms with Gasteiger partial charge in [-0.1, -0.05) is 154 Å². The Morgan fingerprint density at radius 3 is 1.71 bits per heavy atom. The van der Waals surface area contributed by atoms with Gasteiger partial charge < -0.3 is 21.1 Å². The molecular weight excluding hydrogens is 587 g/mol. The fourth-order valence-corrected chi connectivity index (χ4v) is 5.96. The molecule has 0 rings (SSSR count). The van der Waals surface area contributed by atoms with E-state index in [0.29, 0.717) is 6.42 Å². The number of nitrogens with one attached hydrogen (secondary N) is 1. The van der Waals surface area contributed by atoms with Gasteiger partial charge in [-0.2, -0.15) is 0 Å². The summed E-state index contributed by atoms with van der Waals surface area (Å²) in [6.07, 6.45) is 35.1. The highest BCUT2D eigenvalue weighted by Crippen LogP contribution is 2.43. The molecule has 3 unspecified atom stereocenters. The summed E-state index contributed by atoms with van der Waals surface area (Å²) in [5.74, 6) is -0.205. The number of carbonyl (C=O) groups excluding carboxylic acids is 1. The quantitative estimate of drug-likeness (QED) is 0.0308. The number of carbonyl (C=O) groups is 1. The van der Waals surface area contributed by atoms with Gasteiger partial charge >= 0.3 is 7.82 Å². The lowest BCUT2D eigenvalue weighted by Gasteiger charge is -2.23. The number of nitrogens with two attached hydrogens (primary N) is 1. The zero-order valence-electron chi connectivity index (χ0n) is 29.1. The van der Waals surface area contributed by atoms with E-state index in [1.54, 1.807) is 6.08 Å². The van der Waals surface area contributed by atoms with Crippen LogP contribution in [0, 0.1) is 0 Å². The molecule has 0 fully saturated rings. The lowest BCUT2D eigenvalue weighted by Crippen LogP contribution is -2.45. The number of phosphoric acid groups is 1. The second kappa shape index (κ2) is 32.9. The first-order chi connectivity index (χ1) is 21.9. The van der Waals surface area contributed by atoms with Gasteiger partial charge in [-0.3, -0.25) is 13.8 Å². The van der Waals surface area contributed by atoms with Crippen LogP contribution in [-0.4, -0.2) is 47.8 Å². The van der Waals surface area contributed by atoms with Crippen molar-refractivity contribution in [3.8, 4) is 0 Å². The van der Waals surface area contributed by atoms with E-state index in [-0.39, 0.29) is 25.7 Å². The number of phosphoric ester groups is 1. The summed E-state index contributed by atoms with van der Waals surface area (Å²) in [4.78, 5) is 22.5. The summed E-state index contributed by atoms with van der Waals surface area (Å²) >= 11 is 0. The molecule has 0 aliphatic heterocycles. The molecule has 0 aromatic rings. The molecule has 0 bridgehead atoms. The van der Waals surface area contributed by atoms with Crippen molar-refractivity contribution in [2.24, 2.45) is 5.73 Å². The van der Waals surface area contributed by atoms with Crippen LogP contribution in [0.3, 0.4) is 0 Å². The normalized spacial score (nSPS) is 14.7. The first-order valence-corrected chi connectivity index (χ1v) is 20.0. The number of hydrogen-bond donors (Lipinski definition) is 4. The number of unbranched alkanes of at least 4 members (excludes halogenated alkanes) is 20. The van der Waals surface area contributed by atoms with Gasteiger partial charge in [0.2, 0.25) is 5.91 Å².